The van der Waals surface area contributed by atoms with Gasteiger partial charge in [0.25, 0.3) is 0 Å². The van der Waals surface area contributed by atoms with Crippen molar-refractivity contribution in [2.24, 2.45) is 0 Å². The molecule has 1 aromatic rings. The average molecular weight is 320 g/mol. The van der Waals surface area contributed by atoms with Crippen LogP contribution < -0.4 is 10.6 Å². The Morgan fingerprint density at radius 1 is 1.14 bits per heavy atom. The third-order valence-electron chi connectivity index (χ3n) is 2.38. The first-order valence-corrected chi connectivity index (χ1v) is 7.05. The highest BCUT2D eigenvalue weighted by Crippen LogP contribution is 2.21. The van der Waals surface area contributed by atoms with Crippen molar-refractivity contribution in [3.8, 4) is 0 Å². The lowest BCUT2D eigenvalue weighted by atomic mass is 10.2. The lowest BCUT2D eigenvalue weighted by Crippen LogP contribution is -2.41. The summed E-state index contributed by atoms with van der Waals surface area (Å²) in [6.45, 7) is 0.0354. The minimum absolute atomic E-state index is 0.0946. The van der Waals surface area contributed by atoms with E-state index < -0.39 is 31.1 Å². The van der Waals surface area contributed by atoms with E-state index in [1.54, 1.807) is 5.32 Å². The molecule has 0 aliphatic rings. The fourth-order valence-corrected chi connectivity index (χ4v) is 2.21. The summed E-state index contributed by atoms with van der Waals surface area (Å²) >= 11 is 1.30. The normalized spacial score (nSPS) is 11.0. The number of nitrogens with one attached hydrogen (secondary N) is 2. The summed E-state index contributed by atoms with van der Waals surface area (Å²) in [4.78, 5) is 23.5. The van der Waals surface area contributed by atoms with Gasteiger partial charge in [0.05, 0.1) is 12.3 Å². The van der Waals surface area contributed by atoms with Crippen molar-refractivity contribution in [1.82, 2.24) is 10.6 Å². The molecule has 0 atom stereocenters. The Kier molecular flexibility index (Phi) is 6.54. The lowest BCUT2D eigenvalue weighted by molar-refractivity contribution is -0.138. The van der Waals surface area contributed by atoms with Gasteiger partial charge in [-0.25, -0.2) is 0 Å². The summed E-state index contributed by atoms with van der Waals surface area (Å²) in [5.41, 5.74) is 1.03. The third-order valence-corrected chi connectivity index (χ3v) is 3.56. The second kappa shape index (κ2) is 7.92. The molecule has 1 aromatic carbocycles. The molecule has 2 N–H and O–H groups in total. The second-order valence-electron chi connectivity index (χ2n) is 4.22. The van der Waals surface area contributed by atoms with Crippen molar-refractivity contribution in [3.63, 3.8) is 0 Å². The zero-order valence-corrected chi connectivity index (χ0v) is 12.1. The number of carbonyl (C=O) groups is 2. The smallest absolute Gasteiger partial charge is 0.346 e. The predicted octanol–water partition coefficient (Wildman–Crippen LogP) is 1.88. The first kappa shape index (κ1) is 17.4. The highest BCUT2D eigenvalue weighted by Gasteiger charge is 2.27. The number of rotatable bonds is 6. The molecular formula is C13H15F3N2O2S. The number of carbonyl (C=O) groups excluding carboxylic acids is 2. The van der Waals surface area contributed by atoms with Gasteiger partial charge in [-0.3, -0.25) is 9.59 Å². The van der Waals surface area contributed by atoms with Crippen LogP contribution in [0, 0.1) is 6.92 Å². The number of alkyl halides is 3. The van der Waals surface area contributed by atoms with Crippen molar-refractivity contribution >= 4 is 23.6 Å². The van der Waals surface area contributed by atoms with Gasteiger partial charge in [0.1, 0.15) is 6.54 Å². The Balaban J connectivity index is 2.25. The van der Waals surface area contributed by atoms with Crippen LogP contribution in [0.2, 0.25) is 0 Å². The van der Waals surface area contributed by atoms with Gasteiger partial charge < -0.3 is 10.6 Å². The van der Waals surface area contributed by atoms with Crippen molar-refractivity contribution < 1.29 is 22.8 Å². The first-order chi connectivity index (χ1) is 9.78. The Morgan fingerprint density at radius 3 is 2.43 bits per heavy atom. The van der Waals surface area contributed by atoms with E-state index in [-0.39, 0.29) is 5.75 Å². The SMILES string of the molecule is Cc1ccccc1SCC(=O)NCC(=O)NCC(F)(F)F. The summed E-state index contributed by atoms with van der Waals surface area (Å²) in [6, 6.07) is 7.50. The van der Waals surface area contributed by atoms with Gasteiger partial charge in [0, 0.05) is 4.90 Å². The molecule has 0 radical (unpaired) electrons. The van der Waals surface area contributed by atoms with Gasteiger partial charge in [-0.15, -0.1) is 11.8 Å². The van der Waals surface area contributed by atoms with Crippen LogP contribution in [0.3, 0.4) is 0 Å². The molecule has 0 bridgehead atoms. The maximum absolute atomic E-state index is 11.9. The molecule has 8 heteroatoms. The Labute approximate surface area is 124 Å². The van der Waals surface area contributed by atoms with Crippen molar-refractivity contribution in [2.75, 3.05) is 18.8 Å². The van der Waals surface area contributed by atoms with Gasteiger partial charge in [0.2, 0.25) is 11.8 Å². The summed E-state index contributed by atoms with van der Waals surface area (Å²) in [6.07, 6.45) is -4.46. The minimum Gasteiger partial charge on any atom is -0.346 e. The van der Waals surface area contributed by atoms with Gasteiger partial charge in [-0.2, -0.15) is 13.2 Å². The van der Waals surface area contributed by atoms with Gasteiger partial charge in [0.15, 0.2) is 0 Å². The molecule has 0 heterocycles. The van der Waals surface area contributed by atoms with E-state index in [0.29, 0.717) is 0 Å². The number of aryl methyl sites for hydroxylation is 1. The molecule has 1 rings (SSSR count). The monoisotopic (exact) mass is 320 g/mol. The summed E-state index contributed by atoms with van der Waals surface area (Å²) in [5.74, 6) is -1.19. The van der Waals surface area contributed by atoms with Crippen LogP contribution >= 0.6 is 11.8 Å². The van der Waals surface area contributed by atoms with Crippen LogP contribution in [0.4, 0.5) is 13.2 Å². The lowest BCUT2D eigenvalue weighted by Gasteiger charge is -2.09. The molecule has 0 aromatic heterocycles. The molecule has 0 aliphatic carbocycles. The molecule has 0 aliphatic heterocycles. The standard InChI is InChI=1S/C13H15F3N2O2S/c1-9-4-2-3-5-10(9)21-7-12(20)17-6-11(19)18-8-13(14,15)16/h2-5H,6-8H2,1H3,(H,17,20)(H,18,19). The number of hydrogen-bond donors (Lipinski definition) is 2. The van der Waals surface area contributed by atoms with Crippen LogP contribution in [-0.4, -0.2) is 36.8 Å². The fraction of sp³-hybridized carbons (Fsp3) is 0.385. The van der Waals surface area contributed by atoms with Gasteiger partial charge in [-0.05, 0) is 18.6 Å². The van der Waals surface area contributed by atoms with Crippen LogP contribution in [0.25, 0.3) is 0 Å². The number of amides is 2. The topological polar surface area (TPSA) is 58.2 Å². The van der Waals surface area contributed by atoms with Gasteiger partial charge in [-0.1, -0.05) is 18.2 Å². The number of hydrogen-bond acceptors (Lipinski definition) is 3. The van der Waals surface area contributed by atoms with Crippen molar-refractivity contribution in [1.29, 1.82) is 0 Å². The molecule has 21 heavy (non-hydrogen) atoms. The molecular weight excluding hydrogens is 305 g/mol. The van der Waals surface area contributed by atoms with E-state index in [2.05, 4.69) is 5.32 Å². The second-order valence-corrected chi connectivity index (χ2v) is 5.24. The maximum Gasteiger partial charge on any atom is 0.405 e. The van der Waals surface area contributed by atoms with Crippen LogP contribution in [0.15, 0.2) is 29.2 Å². The van der Waals surface area contributed by atoms with E-state index in [4.69, 9.17) is 0 Å². The molecule has 0 spiro atoms. The summed E-state index contributed by atoms with van der Waals surface area (Å²) < 4.78 is 35.6. The number of thioether (sulfide) groups is 1. The van der Waals surface area contributed by atoms with Crippen molar-refractivity contribution in [3.05, 3.63) is 29.8 Å². The van der Waals surface area contributed by atoms with E-state index in [1.165, 1.54) is 11.8 Å². The van der Waals surface area contributed by atoms with E-state index in [0.717, 1.165) is 10.5 Å². The van der Waals surface area contributed by atoms with E-state index in [1.807, 2.05) is 31.2 Å². The van der Waals surface area contributed by atoms with Crippen LogP contribution in [0.5, 0.6) is 0 Å². The largest absolute Gasteiger partial charge is 0.405 e. The fourth-order valence-electron chi connectivity index (χ4n) is 1.35. The zero-order chi connectivity index (χ0) is 15.9. The van der Waals surface area contributed by atoms with Crippen molar-refractivity contribution in [2.45, 2.75) is 18.0 Å². The quantitative estimate of drug-likeness (QED) is 0.787. The zero-order valence-electron chi connectivity index (χ0n) is 11.3. The van der Waals surface area contributed by atoms with E-state index >= 15 is 0 Å². The summed E-state index contributed by atoms with van der Waals surface area (Å²) in [7, 11) is 0. The van der Waals surface area contributed by atoms with Crippen LogP contribution in [0.1, 0.15) is 5.56 Å². The Hall–Kier alpha value is -1.70. The molecule has 0 saturated carbocycles. The Morgan fingerprint density at radius 2 is 1.81 bits per heavy atom. The highest BCUT2D eigenvalue weighted by molar-refractivity contribution is 8.00. The predicted molar refractivity (Wildman–Crippen MR) is 74.0 cm³/mol. The van der Waals surface area contributed by atoms with Gasteiger partial charge >= 0.3 is 6.18 Å². The first-order valence-electron chi connectivity index (χ1n) is 6.06. The molecule has 0 fully saturated rings. The molecule has 116 valence electrons. The molecule has 0 unspecified atom stereocenters. The maximum atomic E-state index is 11.9. The number of benzene rings is 1. The Bertz CT molecular complexity index is 506. The highest BCUT2D eigenvalue weighted by atomic mass is 32.2. The molecule has 0 saturated heterocycles. The summed E-state index contributed by atoms with van der Waals surface area (Å²) in [5, 5.41) is 3.94. The minimum atomic E-state index is -4.46. The molecule has 4 nitrogen and oxygen atoms in total. The van der Waals surface area contributed by atoms with E-state index in [9.17, 15) is 22.8 Å². The molecule has 2 amide bonds. The van der Waals surface area contributed by atoms with Crippen LogP contribution in [-0.2, 0) is 9.59 Å². The third kappa shape index (κ3) is 7.60. The number of halogens is 3. The average Bonchev–Trinajstić information content (AvgIpc) is 2.41.